The third kappa shape index (κ3) is 3.01. The molecule has 12 nitrogen and oxygen atoms in total. The Morgan fingerprint density at radius 3 is 2.23 bits per heavy atom. The lowest BCUT2D eigenvalue weighted by Crippen LogP contribution is -2.69. The Bertz CT molecular complexity index is 898. The summed E-state index contributed by atoms with van der Waals surface area (Å²) in [4.78, 5) is 25.5. The number of aromatic amines is 1. The van der Waals surface area contributed by atoms with Crippen LogP contribution in [0.5, 0.6) is 0 Å². The topological polar surface area (TPSA) is 195 Å². The number of rotatable bonds is 4. The predicted octanol–water partition coefficient (Wildman–Crippen LogP) is -4.29. The van der Waals surface area contributed by atoms with E-state index in [-0.39, 0.29) is 4.57 Å². The first-order chi connectivity index (χ1) is 13.9. The van der Waals surface area contributed by atoms with Gasteiger partial charge in [0.05, 0.1) is 6.61 Å². The smallest absolute Gasteiger partial charge is 0.330 e. The minimum absolute atomic E-state index is 0.243. The number of aliphatic hydroxyl groups is 6. The van der Waals surface area contributed by atoms with E-state index in [9.17, 15) is 53.4 Å². The van der Waals surface area contributed by atoms with E-state index in [1.54, 1.807) is 4.98 Å². The van der Waals surface area contributed by atoms with Gasteiger partial charge in [-0.3, -0.25) is 14.3 Å². The van der Waals surface area contributed by atoms with Crippen LogP contribution in [-0.2, 0) is 15.2 Å². The van der Waals surface area contributed by atoms with Crippen LogP contribution in [0.4, 0.5) is 13.2 Å². The molecule has 3 heterocycles. The summed E-state index contributed by atoms with van der Waals surface area (Å²) in [6.07, 6.45) is -20.3. The number of aliphatic hydroxyl groups excluding tert-OH is 6. The molecule has 1 aromatic rings. The van der Waals surface area contributed by atoms with Gasteiger partial charge in [0.2, 0.25) is 12.1 Å². The molecule has 0 spiro atoms. The van der Waals surface area contributed by atoms with Gasteiger partial charge in [-0.05, 0) is 0 Å². The third-order valence-electron chi connectivity index (χ3n) is 5.36. The molecule has 7 N–H and O–H groups in total. The fraction of sp³-hybridized carbons (Fsp3) is 0.733. The van der Waals surface area contributed by atoms with Crippen LogP contribution in [0.2, 0.25) is 0 Å². The molecule has 2 aliphatic heterocycles. The van der Waals surface area contributed by atoms with Crippen molar-refractivity contribution in [1.29, 1.82) is 0 Å². The van der Waals surface area contributed by atoms with Crippen molar-refractivity contribution in [1.82, 2.24) is 9.55 Å². The van der Waals surface area contributed by atoms with Crippen molar-refractivity contribution in [3.63, 3.8) is 0 Å². The number of hydrogen-bond acceptors (Lipinski definition) is 10. The second kappa shape index (κ2) is 7.69. The number of aromatic nitrogens is 2. The summed E-state index contributed by atoms with van der Waals surface area (Å²) in [7, 11) is 0. The molecule has 0 aliphatic carbocycles. The van der Waals surface area contributed by atoms with Crippen LogP contribution in [0.1, 0.15) is 0 Å². The first-order valence-corrected chi connectivity index (χ1v) is 8.55. The lowest BCUT2D eigenvalue weighted by molar-refractivity contribution is -0.341. The van der Waals surface area contributed by atoms with E-state index >= 15 is 0 Å². The van der Waals surface area contributed by atoms with E-state index in [0.717, 1.165) is 0 Å². The first-order valence-electron chi connectivity index (χ1n) is 8.55. The number of nitrogens with zero attached hydrogens (tertiary/aromatic N) is 1. The second-order valence-corrected chi connectivity index (χ2v) is 7.02. The molecule has 0 bridgehead atoms. The monoisotopic (exact) mass is 444 g/mol. The fourth-order valence-corrected chi connectivity index (χ4v) is 3.71. The van der Waals surface area contributed by atoms with Gasteiger partial charge in [0.15, 0.2) is 5.60 Å². The summed E-state index contributed by atoms with van der Waals surface area (Å²) in [6.45, 7) is -1.60. The van der Waals surface area contributed by atoms with E-state index in [4.69, 9.17) is 9.47 Å². The minimum Gasteiger partial charge on any atom is -0.393 e. The summed E-state index contributed by atoms with van der Waals surface area (Å²) in [5.41, 5.74) is -8.69. The molecule has 2 fully saturated rings. The zero-order valence-corrected chi connectivity index (χ0v) is 14.9. The number of alkyl halides is 3. The lowest BCUT2D eigenvalue weighted by Gasteiger charge is -2.47. The third-order valence-corrected chi connectivity index (χ3v) is 5.36. The molecule has 170 valence electrons. The molecule has 9 atom stereocenters. The highest BCUT2D eigenvalue weighted by Gasteiger charge is 2.72. The molecular weight excluding hydrogens is 425 g/mol. The molecule has 1 aromatic heterocycles. The Morgan fingerprint density at radius 1 is 1.10 bits per heavy atom. The molecule has 0 amide bonds. The van der Waals surface area contributed by atoms with Gasteiger partial charge in [0, 0.05) is 12.3 Å². The summed E-state index contributed by atoms with van der Waals surface area (Å²) in [5, 5.41) is 60.2. The lowest BCUT2D eigenvalue weighted by atomic mass is 9.86. The first kappa shape index (κ1) is 22.8. The maximum absolute atomic E-state index is 14.1. The largest absolute Gasteiger partial charge is 0.393 e. The van der Waals surface area contributed by atoms with Crippen molar-refractivity contribution < 1.29 is 53.3 Å². The normalized spacial score (nSPS) is 44.5. The van der Waals surface area contributed by atoms with Gasteiger partial charge in [0.1, 0.15) is 36.6 Å². The van der Waals surface area contributed by atoms with Gasteiger partial charge in [0.25, 0.3) is 12.0 Å². The van der Waals surface area contributed by atoms with Gasteiger partial charge in [-0.15, -0.1) is 0 Å². The quantitative estimate of drug-likeness (QED) is 0.239. The Labute approximate surface area is 164 Å². The summed E-state index contributed by atoms with van der Waals surface area (Å²) in [5.74, 6) is 0. The highest BCUT2D eigenvalue weighted by molar-refractivity contribution is 5.14. The fourth-order valence-electron chi connectivity index (χ4n) is 3.71. The van der Waals surface area contributed by atoms with E-state index < -0.39 is 78.6 Å². The van der Waals surface area contributed by atoms with E-state index in [1.807, 2.05) is 0 Å². The summed E-state index contributed by atoms with van der Waals surface area (Å²) < 4.78 is 51.7. The Hall–Kier alpha value is -1.85. The summed E-state index contributed by atoms with van der Waals surface area (Å²) in [6, 6.07) is 0.681. The molecule has 2 unspecified atom stereocenters. The van der Waals surface area contributed by atoms with Gasteiger partial charge >= 0.3 is 5.69 Å². The number of ether oxygens (including phenoxy) is 2. The van der Waals surface area contributed by atoms with E-state index in [2.05, 4.69) is 0 Å². The maximum atomic E-state index is 14.1. The van der Waals surface area contributed by atoms with Crippen molar-refractivity contribution in [2.45, 2.75) is 60.7 Å². The van der Waals surface area contributed by atoms with Crippen molar-refractivity contribution in [2.75, 3.05) is 6.61 Å². The highest BCUT2D eigenvalue weighted by atomic mass is 19.3. The molecule has 3 rings (SSSR count). The second-order valence-electron chi connectivity index (χ2n) is 7.02. The van der Waals surface area contributed by atoms with E-state index in [0.29, 0.717) is 12.3 Å². The van der Waals surface area contributed by atoms with Crippen LogP contribution in [0.25, 0.3) is 0 Å². The van der Waals surface area contributed by atoms with Crippen LogP contribution in [0, 0.1) is 0 Å². The Balaban J connectivity index is 2.28. The Kier molecular flexibility index (Phi) is 5.85. The predicted molar refractivity (Wildman–Crippen MR) is 86.0 cm³/mol. The summed E-state index contributed by atoms with van der Waals surface area (Å²) >= 11 is 0. The average Bonchev–Trinajstić information content (AvgIpc) is 2.92. The molecule has 30 heavy (non-hydrogen) atoms. The van der Waals surface area contributed by atoms with Crippen molar-refractivity contribution >= 4 is 0 Å². The minimum atomic E-state index is -3.68. The molecule has 0 aromatic carbocycles. The van der Waals surface area contributed by atoms with Gasteiger partial charge in [-0.2, -0.15) is 0 Å². The van der Waals surface area contributed by atoms with Crippen molar-refractivity contribution in [3.05, 3.63) is 33.1 Å². The SMILES string of the molecule is O=c1ccn([C@]2(C3OC(F)[C@@H](O)[C@H](O)[C@H]3O)O[C@@](CO)(C(F)F)[C@@H](O)[C@H]2O)c(=O)[nH]1. The van der Waals surface area contributed by atoms with E-state index in [1.165, 1.54) is 0 Å². The number of nitrogens with one attached hydrogen (secondary N) is 1. The van der Waals surface area contributed by atoms with Gasteiger partial charge < -0.3 is 40.1 Å². The number of halogens is 3. The van der Waals surface area contributed by atoms with Crippen molar-refractivity contribution in [2.24, 2.45) is 0 Å². The van der Waals surface area contributed by atoms with Crippen LogP contribution in [0.15, 0.2) is 21.9 Å². The van der Waals surface area contributed by atoms with Crippen LogP contribution in [0.3, 0.4) is 0 Å². The zero-order chi connectivity index (χ0) is 22.6. The van der Waals surface area contributed by atoms with Crippen LogP contribution in [-0.4, -0.2) is 102 Å². The van der Waals surface area contributed by atoms with Gasteiger partial charge in [-0.25, -0.2) is 18.0 Å². The van der Waals surface area contributed by atoms with Gasteiger partial charge in [-0.1, -0.05) is 0 Å². The van der Waals surface area contributed by atoms with Crippen LogP contribution < -0.4 is 11.2 Å². The number of H-pyrrole nitrogens is 1. The molecular formula is C15H19F3N2O10. The zero-order valence-electron chi connectivity index (χ0n) is 14.9. The molecule has 2 aliphatic rings. The molecule has 0 saturated carbocycles. The number of hydrogen-bond donors (Lipinski definition) is 7. The highest BCUT2D eigenvalue weighted by Crippen LogP contribution is 2.49. The molecule has 0 radical (unpaired) electrons. The van der Waals surface area contributed by atoms with Crippen molar-refractivity contribution in [3.8, 4) is 0 Å². The standard InChI is InChI=1S/C15H19F3N2O10/c16-11-7(25)5(23)6(24)10(29-11)15(20-2-1-4(22)19-13(20)28)9(27)8(26)14(3-21,30-15)12(17)18/h1-2,5-12,21,23-27H,3H2,(H,19,22,28)/t5-,6-,7+,8+,9-,10?,11?,14-,15+/m1/s1. The molecule has 15 heteroatoms. The average molecular weight is 444 g/mol. The molecule has 2 saturated heterocycles. The maximum Gasteiger partial charge on any atom is 0.330 e. The Morgan fingerprint density at radius 2 is 1.73 bits per heavy atom. The van der Waals surface area contributed by atoms with Crippen LogP contribution >= 0.6 is 0 Å².